The fourth-order valence-corrected chi connectivity index (χ4v) is 3.28. The van der Waals surface area contributed by atoms with Crippen molar-refractivity contribution in [2.75, 3.05) is 5.32 Å². The Balaban J connectivity index is 1.91. The van der Waals surface area contributed by atoms with Gasteiger partial charge in [-0.1, -0.05) is 19.1 Å². The van der Waals surface area contributed by atoms with E-state index in [2.05, 4.69) is 33.7 Å². The van der Waals surface area contributed by atoms with Crippen LogP contribution in [0.4, 0.5) is 5.82 Å². The zero-order valence-electron chi connectivity index (χ0n) is 11.1. The molecule has 0 atom stereocenters. The molecule has 0 bridgehead atoms. The van der Waals surface area contributed by atoms with Gasteiger partial charge in [-0.25, -0.2) is 9.97 Å². The van der Waals surface area contributed by atoms with Crippen molar-refractivity contribution in [3.05, 3.63) is 51.4 Å². The summed E-state index contributed by atoms with van der Waals surface area (Å²) in [4.78, 5) is 9.88. The zero-order valence-corrected chi connectivity index (χ0v) is 12.6. The maximum absolute atomic E-state index is 5.98. The molecule has 0 aliphatic carbocycles. The lowest BCUT2D eigenvalue weighted by atomic mass is 10.2. The van der Waals surface area contributed by atoms with Crippen LogP contribution in [0.3, 0.4) is 0 Å². The number of anilines is 1. The van der Waals surface area contributed by atoms with Crippen molar-refractivity contribution in [3.63, 3.8) is 0 Å². The molecule has 3 rings (SSSR count). The van der Waals surface area contributed by atoms with Crippen LogP contribution >= 0.6 is 22.9 Å². The van der Waals surface area contributed by atoms with E-state index >= 15 is 0 Å². The van der Waals surface area contributed by atoms with Crippen LogP contribution in [0.5, 0.6) is 0 Å². The van der Waals surface area contributed by atoms with Crippen LogP contribution in [0.25, 0.3) is 10.9 Å². The Hall–Kier alpha value is -1.65. The highest BCUT2D eigenvalue weighted by molar-refractivity contribution is 7.10. The Morgan fingerprint density at radius 1 is 1.20 bits per heavy atom. The van der Waals surface area contributed by atoms with Crippen LogP contribution in [0, 0.1) is 0 Å². The number of hydrogen-bond acceptors (Lipinski definition) is 4. The van der Waals surface area contributed by atoms with Crippen molar-refractivity contribution in [2.24, 2.45) is 0 Å². The number of aromatic nitrogens is 2. The standard InChI is InChI=1S/C15H14ClN3S/c1-2-10-7-8-20-13(10)9-17-14-11-5-3-4-6-12(11)18-15(16)19-14/h3-8H,2,9H2,1H3,(H,17,18,19). The molecule has 0 unspecified atom stereocenters. The molecule has 0 aliphatic rings. The number of nitrogens with zero attached hydrogens (tertiary/aromatic N) is 2. The van der Waals surface area contributed by atoms with Crippen molar-refractivity contribution < 1.29 is 0 Å². The summed E-state index contributed by atoms with van der Waals surface area (Å²) in [5.41, 5.74) is 2.24. The molecule has 0 saturated carbocycles. The van der Waals surface area contributed by atoms with Gasteiger partial charge in [0, 0.05) is 10.3 Å². The summed E-state index contributed by atoms with van der Waals surface area (Å²) in [5.74, 6) is 0.788. The van der Waals surface area contributed by atoms with Gasteiger partial charge in [0.1, 0.15) is 5.82 Å². The molecule has 3 nitrogen and oxygen atoms in total. The third kappa shape index (κ3) is 2.62. The minimum atomic E-state index is 0.271. The lowest BCUT2D eigenvalue weighted by molar-refractivity contribution is 1.06. The molecule has 1 N–H and O–H groups in total. The zero-order chi connectivity index (χ0) is 13.9. The second-order valence-corrected chi connectivity index (χ2v) is 5.77. The van der Waals surface area contributed by atoms with Gasteiger partial charge in [-0.15, -0.1) is 11.3 Å². The van der Waals surface area contributed by atoms with Crippen molar-refractivity contribution in [2.45, 2.75) is 19.9 Å². The number of benzene rings is 1. The minimum Gasteiger partial charge on any atom is -0.365 e. The Kier molecular flexibility index (Phi) is 3.85. The maximum Gasteiger partial charge on any atom is 0.224 e. The van der Waals surface area contributed by atoms with E-state index in [9.17, 15) is 0 Å². The molecule has 1 aromatic carbocycles. The normalized spacial score (nSPS) is 10.9. The molecule has 0 amide bonds. The van der Waals surface area contributed by atoms with Gasteiger partial charge in [0.15, 0.2) is 0 Å². The Morgan fingerprint density at radius 3 is 2.90 bits per heavy atom. The predicted octanol–water partition coefficient (Wildman–Crippen LogP) is 4.52. The van der Waals surface area contributed by atoms with E-state index in [1.807, 2.05) is 24.3 Å². The van der Waals surface area contributed by atoms with Gasteiger partial charge in [-0.05, 0) is 47.2 Å². The van der Waals surface area contributed by atoms with E-state index in [4.69, 9.17) is 11.6 Å². The van der Waals surface area contributed by atoms with Crippen LogP contribution in [0.15, 0.2) is 35.7 Å². The molecule has 20 heavy (non-hydrogen) atoms. The maximum atomic E-state index is 5.98. The average molecular weight is 304 g/mol. The van der Waals surface area contributed by atoms with Crippen molar-refractivity contribution in [1.29, 1.82) is 0 Å². The van der Waals surface area contributed by atoms with Crippen molar-refractivity contribution >= 4 is 39.7 Å². The van der Waals surface area contributed by atoms with Gasteiger partial charge in [0.2, 0.25) is 5.28 Å². The smallest absolute Gasteiger partial charge is 0.224 e. The Labute approximate surface area is 126 Å². The van der Waals surface area contributed by atoms with E-state index in [1.54, 1.807) is 11.3 Å². The van der Waals surface area contributed by atoms with Gasteiger partial charge >= 0.3 is 0 Å². The molecule has 5 heteroatoms. The van der Waals surface area contributed by atoms with E-state index < -0.39 is 0 Å². The van der Waals surface area contributed by atoms with Crippen molar-refractivity contribution in [3.8, 4) is 0 Å². The number of nitrogens with one attached hydrogen (secondary N) is 1. The van der Waals surface area contributed by atoms with Crippen LogP contribution in [-0.4, -0.2) is 9.97 Å². The third-order valence-corrected chi connectivity index (χ3v) is 4.34. The highest BCUT2D eigenvalue weighted by atomic mass is 35.5. The summed E-state index contributed by atoms with van der Waals surface area (Å²) in [6.45, 7) is 2.93. The van der Waals surface area contributed by atoms with Crippen LogP contribution in [-0.2, 0) is 13.0 Å². The fourth-order valence-electron chi connectivity index (χ4n) is 2.18. The van der Waals surface area contributed by atoms with Crippen LogP contribution in [0.1, 0.15) is 17.4 Å². The number of halogens is 1. The highest BCUT2D eigenvalue weighted by Gasteiger charge is 2.07. The molecular formula is C15H14ClN3S. The van der Waals surface area contributed by atoms with Crippen LogP contribution < -0.4 is 5.32 Å². The summed E-state index contributed by atoms with van der Waals surface area (Å²) in [5, 5.41) is 6.77. The first-order valence-corrected chi connectivity index (χ1v) is 7.75. The summed E-state index contributed by atoms with van der Waals surface area (Å²) < 4.78 is 0. The second-order valence-electron chi connectivity index (χ2n) is 4.43. The van der Waals surface area contributed by atoms with Crippen LogP contribution in [0.2, 0.25) is 5.28 Å². The van der Waals surface area contributed by atoms with E-state index in [0.29, 0.717) is 0 Å². The largest absolute Gasteiger partial charge is 0.365 e. The average Bonchev–Trinajstić information content (AvgIpc) is 2.92. The first-order chi connectivity index (χ1) is 9.78. The molecule has 102 valence electrons. The van der Waals surface area contributed by atoms with Gasteiger partial charge in [-0.2, -0.15) is 0 Å². The van der Waals surface area contributed by atoms with Crippen molar-refractivity contribution in [1.82, 2.24) is 9.97 Å². The molecule has 2 heterocycles. The molecule has 2 aromatic heterocycles. The fraction of sp³-hybridized carbons (Fsp3) is 0.200. The first-order valence-electron chi connectivity index (χ1n) is 6.49. The van der Waals surface area contributed by atoms with Gasteiger partial charge in [0.25, 0.3) is 0 Å². The molecule has 0 radical (unpaired) electrons. The van der Waals surface area contributed by atoms with E-state index in [0.717, 1.165) is 29.7 Å². The summed E-state index contributed by atoms with van der Waals surface area (Å²) in [7, 11) is 0. The van der Waals surface area contributed by atoms with Gasteiger partial charge in [-0.3, -0.25) is 0 Å². The summed E-state index contributed by atoms with van der Waals surface area (Å²) in [6.07, 6.45) is 1.05. The number of fused-ring (bicyclic) bond motifs is 1. The molecule has 0 saturated heterocycles. The summed E-state index contributed by atoms with van der Waals surface area (Å²) >= 11 is 7.75. The topological polar surface area (TPSA) is 37.8 Å². The quantitative estimate of drug-likeness (QED) is 0.720. The van der Waals surface area contributed by atoms with Gasteiger partial charge in [0.05, 0.1) is 12.1 Å². The molecule has 0 aliphatic heterocycles. The lowest BCUT2D eigenvalue weighted by Gasteiger charge is -2.09. The first kappa shape index (κ1) is 13.3. The highest BCUT2D eigenvalue weighted by Crippen LogP contribution is 2.24. The lowest BCUT2D eigenvalue weighted by Crippen LogP contribution is -2.03. The number of hydrogen-bond donors (Lipinski definition) is 1. The number of rotatable bonds is 4. The monoisotopic (exact) mass is 303 g/mol. The molecule has 0 fully saturated rings. The van der Waals surface area contributed by atoms with E-state index in [1.165, 1.54) is 10.4 Å². The molecule has 3 aromatic rings. The third-order valence-electron chi connectivity index (χ3n) is 3.21. The SMILES string of the molecule is CCc1ccsc1CNc1nc(Cl)nc2ccccc12. The second kappa shape index (κ2) is 5.77. The number of para-hydroxylation sites is 1. The molecule has 0 spiro atoms. The number of thiophene rings is 1. The molecular weight excluding hydrogens is 290 g/mol. The minimum absolute atomic E-state index is 0.271. The predicted molar refractivity (Wildman–Crippen MR) is 85.6 cm³/mol. The van der Waals surface area contributed by atoms with E-state index in [-0.39, 0.29) is 5.28 Å². The Morgan fingerprint density at radius 2 is 2.05 bits per heavy atom. The summed E-state index contributed by atoms with van der Waals surface area (Å²) in [6, 6.07) is 10.0. The van der Waals surface area contributed by atoms with Gasteiger partial charge < -0.3 is 5.32 Å². The number of aryl methyl sites for hydroxylation is 1. The Bertz CT molecular complexity index is 739.